The molecule has 2 aromatic carbocycles. The molecule has 0 saturated heterocycles. The summed E-state index contributed by atoms with van der Waals surface area (Å²) in [5.74, 6) is -1.13. The minimum Gasteiger partial charge on any atom is -0.476 e. The topological polar surface area (TPSA) is 123 Å². The fourth-order valence-electron chi connectivity index (χ4n) is 5.24. The van der Waals surface area contributed by atoms with Gasteiger partial charge in [0.25, 0.3) is 5.91 Å². The molecule has 236 valence electrons. The van der Waals surface area contributed by atoms with E-state index in [0.717, 1.165) is 39.0 Å². The Morgan fingerprint density at radius 3 is 2.27 bits per heavy atom. The minimum atomic E-state index is -1.21. The number of allylic oxidation sites excluding steroid dienone is 3. The zero-order valence-corrected chi connectivity index (χ0v) is 26.8. The molecule has 1 aliphatic rings. The summed E-state index contributed by atoms with van der Waals surface area (Å²) in [4.78, 5) is 51.2. The molecule has 2 N–H and O–H groups in total. The summed E-state index contributed by atoms with van der Waals surface area (Å²) in [6, 6.07) is 11.7. The second-order valence-corrected chi connectivity index (χ2v) is 11.3. The molecule has 2 aromatic rings. The van der Waals surface area contributed by atoms with Gasteiger partial charge in [-0.05, 0) is 87.4 Å². The van der Waals surface area contributed by atoms with Crippen LogP contribution in [0.4, 0.5) is 4.79 Å². The summed E-state index contributed by atoms with van der Waals surface area (Å²) in [5, 5.41) is 0. The summed E-state index contributed by atoms with van der Waals surface area (Å²) in [7, 11) is 0. The van der Waals surface area contributed by atoms with Crippen LogP contribution in [0.1, 0.15) is 75.3 Å². The Bertz CT molecular complexity index is 1450. The molecule has 0 radical (unpaired) electrons. The summed E-state index contributed by atoms with van der Waals surface area (Å²) in [6.07, 6.45) is 3.32. The first kappa shape index (κ1) is 33.9. The number of hydrogen-bond acceptors (Lipinski definition) is 7. The first-order valence-corrected chi connectivity index (χ1v) is 14.6. The van der Waals surface area contributed by atoms with Crippen LogP contribution in [-0.2, 0) is 30.4 Å². The molecule has 0 fully saturated rings. The van der Waals surface area contributed by atoms with Gasteiger partial charge < -0.3 is 14.2 Å². The molecule has 0 aromatic heterocycles. The van der Waals surface area contributed by atoms with E-state index in [1.165, 1.54) is 11.8 Å². The summed E-state index contributed by atoms with van der Waals surface area (Å²) in [5.41, 5.74) is 9.95. The Hall–Kier alpha value is -4.60. The lowest BCUT2D eigenvalue weighted by molar-refractivity contribution is -0.158. The molecular formula is C34H43N3O7. The molecule has 0 bridgehead atoms. The Morgan fingerprint density at radius 2 is 1.66 bits per heavy atom. The van der Waals surface area contributed by atoms with Gasteiger partial charge in [-0.15, -0.1) is 0 Å². The van der Waals surface area contributed by atoms with Gasteiger partial charge in [0.2, 0.25) is 5.91 Å². The molecule has 3 amide bonds. The number of hydrogen-bond donors (Lipinski definition) is 2. The molecule has 0 heterocycles. The average Bonchev–Trinajstić information content (AvgIpc) is 3.23. The highest BCUT2D eigenvalue weighted by atomic mass is 16.6. The second-order valence-electron chi connectivity index (χ2n) is 11.3. The van der Waals surface area contributed by atoms with Crippen molar-refractivity contribution in [2.45, 2.75) is 73.5 Å². The molecule has 1 unspecified atom stereocenters. The summed E-state index contributed by atoms with van der Waals surface area (Å²) >= 11 is 0. The van der Waals surface area contributed by atoms with Crippen LogP contribution in [0, 0.1) is 13.8 Å². The third-order valence-electron chi connectivity index (χ3n) is 7.26. The monoisotopic (exact) mass is 605 g/mol. The van der Waals surface area contributed by atoms with Gasteiger partial charge >= 0.3 is 12.1 Å². The molecule has 1 atom stereocenters. The van der Waals surface area contributed by atoms with Gasteiger partial charge in [-0.2, -0.15) is 0 Å². The van der Waals surface area contributed by atoms with E-state index in [2.05, 4.69) is 23.8 Å². The predicted octanol–water partition coefficient (Wildman–Crippen LogP) is 5.28. The third-order valence-corrected chi connectivity index (χ3v) is 7.26. The van der Waals surface area contributed by atoms with Gasteiger partial charge in [-0.3, -0.25) is 25.3 Å². The molecule has 0 aliphatic heterocycles. The lowest BCUT2D eigenvalue weighted by atomic mass is 9.96. The minimum absolute atomic E-state index is 0.0490. The van der Waals surface area contributed by atoms with Crippen molar-refractivity contribution in [1.82, 2.24) is 15.8 Å². The fourth-order valence-corrected chi connectivity index (χ4v) is 5.24. The van der Waals surface area contributed by atoms with Crippen molar-refractivity contribution < 1.29 is 33.4 Å². The van der Waals surface area contributed by atoms with Crippen LogP contribution in [0.15, 0.2) is 54.1 Å². The molecule has 10 heteroatoms. The van der Waals surface area contributed by atoms with Crippen molar-refractivity contribution in [1.29, 1.82) is 0 Å². The largest absolute Gasteiger partial charge is 0.476 e. The van der Waals surface area contributed by atoms with Crippen molar-refractivity contribution in [2.24, 2.45) is 0 Å². The van der Waals surface area contributed by atoms with E-state index in [-0.39, 0.29) is 32.2 Å². The molecule has 44 heavy (non-hydrogen) atoms. The lowest BCUT2D eigenvalue weighted by Gasteiger charge is -2.27. The SMILES string of the molecule is C/C=C\C1=C(C)c2ccccc2C1COC(=O)N(CC(=O)NNC(C)=O)Cc1cc(C)c(OC(C)(C)C(=O)OCC)c(C)c1. The highest BCUT2D eigenvalue weighted by Gasteiger charge is 2.33. The number of hydrazine groups is 1. The first-order valence-electron chi connectivity index (χ1n) is 14.6. The van der Waals surface area contributed by atoms with Crippen LogP contribution < -0.4 is 15.6 Å². The van der Waals surface area contributed by atoms with E-state index >= 15 is 0 Å². The number of nitrogens with one attached hydrogen (secondary N) is 2. The molecule has 3 rings (SSSR count). The number of carbonyl (C=O) groups is 4. The number of amides is 3. The van der Waals surface area contributed by atoms with Gasteiger partial charge in [-0.1, -0.05) is 48.6 Å². The Balaban J connectivity index is 1.84. The second kappa shape index (κ2) is 14.7. The van der Waals surface area contributed by atoms with E-state index in [1.54, 1.807) is 20.8 Å². The highest BCUT2D eigenvalue weighted by molar-refractivity contribution is 5.85. The maximum Gasteiger partial charge on any atom is 0.410 e. The van der Waals surface area contributed by atoms with Crippen molar-refractivity contribution in [2.75, 3.05) is 19.8 Å². The summed E-state index contributed by atoms with van der Waals surface area (Å²) < 4.78 is 17.1. The van der Waals surface area contributed by atoms with Crippen LogP contribution >= 0.6 is 0 Å². The predicted molar refractivity (Wildman–Crippen MR) is 168 cm³/mol. The first-order chi connectivity index (χ1) is 20.8. The van der Waals surface area contributed by atoms with Gasteiger partial charge in [0.1, 0.15) is 18.9 Å². The van der Waals surface area contributed by atoms with Crippen molar-refractivity contribution in [3.05, 3.63) is 81.9 Å². The lowest BCUT2D eigenvalue weighted by Crippen LogP contribution is -2.47. The maximum atomic E-state index is 13.5. The van der Waals surface area contributed by atoms with E-state index in [1.807, 2.05) is 63.3 Å². The number of nitrogens with zero attached hydrogens (tertiary/aromatic N) is 1. The summed E-state index contributed by atoms with van der Waals surface area (Å²) in [6.45, 7) is 14.0. The fraction of sp³-hybridized carbons (Fsp3) is 0.412. The van der Waals surface area contributed by atoms with Crippen molar-refractivity contribution in [3.63, 3.8) is 0 Å². The number of carbonyl (C=O) groups excluding carboxylic acids is 4. The van der Waals surface area contributed by atoms with Crippen LogP contribution in [0.25, 0.3) is 5.57 Å². The Labute approximate surface area is 259 Å². The standard InChI is InChI=1S/C34H43N3O7/c1-9-13-26-23(5)27-14-11-12-15-28(27)29(26)20-43-33(41)37(19-30(39)36-35-24(6)38)18-25-16-21(3)31(22(4)17-25)44-34(7,8)32(40)42-10-2/h9,11-17,29H,10,18-20H2,1-8H3,(H,35,38)(H,36,39)/b13-9-. The number of aryl methyl sites for hydroxylation is 2. The highest BCUT2D eigenvalue weighted by Crippen LogP contribution is 2.42. The normalized spacial score (nSPS) is 14.2. The van der Waals surface area contributed by atoms with Crippen LogP contribution in [0.3, 0.4) is 0 Å². The third kappa shape index (κ3) is 8.27. The Kier molecular flexibility index (Phi) is 11.3. The van der Waals surface area contributed by atoms with E-state index < -0.39 is 29.5 Å². The molecular weight excluding hydrogens is 562 g/mol. The van der Waals surface area contributed by atoms with Gasteiger partial charge in [0.05, 0.1) is 6.61 Å². The number of rotatable bonds is 11. The van der Waals surface area contributed by atoms with Crippen molar-refractivity contribution in [3.8, 4) is 5.75 Å². The zero-order chi connectivity index (χ0) is 32.6. The molecule has 10 nitrogen and oxygen atoms in total. The molecule has 1 aliphatic carbocycles. The quantitative estimate of drug-likeness (QED) is 0.264. The van der Waals surface area contributed by atoms with E-state index in [9.17, 15) is 19.2 Å². The maximum absolute atomic E-state index is 13.5. The number of benzene rings is 2. The number of esters is 1. The Morgan fingerprint density at radius 1 is 1.00 bits per heavy atom. The molecule has 0 saturated carbocycles. The zero-order valence-electron chi connectivity index (χ0n) is 26.8. The van der Waals surface area contributed by atoms with Crippen LogP contribution in [0.2, 0.25) is 0 Å². The van der Waals surface area contributed by atoms with Crippen LogP contribution in [-0.4, -0.2) is 54.1 Å². The van der Waals surface area contributed by atoms with E-state index in [0.29, 0.717) is 5.75 Å². The van der Waals surface area contributed by atoms with Crippen molar-refractivity contribution >= 4 is 29.5 Å². The number of fused-ring (bicyclic) bond motifs is 1. The smallest absolute Gasteiger partial charge is 0.410 e. The molecule has 0 spiro atoms. The van der Waals surface area contributed by atoms with E-state index in [4.69, 9.17) is 14.2 Å². The number of ether oxygens (including phenoxy) is 3. The van der Waals surface area contributed by atoms with Gasteiger partial charge in [0, 0.05) is 19.4 Å². The van der Waals surface area contributed by atoms with Crippen LogP contribution in [0.5, 0.6) is 5.75 Å². The van der Waals surface area contributed by atoms with Gasteiger partial charge in [-0.25, -0.2) is 9.59 Å². The van der Waals surface area contributed by atoms with Gasteiger partial charge in [0.15, 0.2) is 5.60 Å². The average molecular weight is 606 g/mol.